The average molecular weight is 248 g/mol. The topological polar surface area (TPSA) is 43.4 Å². The molecule has 2 rings (SSSR count). The van der Waals surface area contributed by atoms with E-state index < -0.39 is 0 Å². The molecule has 1 aliphatic heterocycles. The quantitative estimate of drug-likeness (QED) is 0.809. The zero-order valence-electron chi connectivity index (χ0n) is 12.0. The second kappa shape index (κ2) is 4.25. The van der Waals surface area contributed by atoms with Gasteiger partial charge in [-0.25, -0.2) is 4.98 Å². The van der Waals surface area contributed by atoms with Crippen LogP contribution in [0.4, 0.5) is 5.82 Å². The molecule has 0 amide bonds. The summed E-state index contributed by atoms with van der Waals surface area (Å²) in [6.45, 7) is 10.2. The maximum atomic E-state index is 6.05. The minimum atomic E-state index is -0.371. The van der Waals surface area contributed by atoms with E-state index in [1.807, 2.05) is 20.2 Å². The highest BCUT2D eigenvalue weighted by Gasteiger charge is 2.52. The lowest BCUT2D eigenvalue weighted by Crippen LogP contribution is -2.41. The lowest BCUT2D eigenvalue weighted by Gasteiger charge is -2.32. The molecular weight excluding hydrogens is 227 g/mol. The van der Waals surface area contributed by atoms with Gasteiger partial charge in [0.2, 0.25) is 0 Å². The summed E-state index contributed by atoms with van der Waals surface area (Å²) in [5, 5.41) is 3.08. The van der Waals surface area contributed by atoms with E-state index in [4.69, 9.17) is 9.31 Å². The van der Waals surface area contributed by atoms with Gasteiger partial charge in [-0.2, -0.15) is 0 Å². The second-order valence-electron chi connectivity index (χ2n) is 5.79. The summed E-state index contributed by atoms with van der Waals surface area (Å²) >= 11 is 0. The highest BCUT2D eigenvalue weighted by molar-refractivity contribution is 6.63. The van der Waals surface area contributed by atoms with Crippen molar-refractivity contribution in [3.63, 3.8) is 0 Å². The monoisotopic (exact) mass is 248 g/mol. The van der Waals surface area contributed by atoms with Gasteiger partial charge in [0.25, 0.3) is 0 Å². The van der Waals surface area contributed by atoms with Crippen LogP contribution in [0, 0.1) is 6.92 Å². The van der Waals surface area contributed by atoms with Crippen molar-refractivity contribution in [3.05, 3.63) is 17.8 Å². The maximum Gasteiger partial charge on any atom is 0.498 e. The van der Waals surface area contributed by atoms with Crippen LogP contribution in [0.25, 0.3) is 0 Å². The lowest BCUT2D eigenvalue weighted by molar-refractivity contribution is 0.00578. The van der Waals surface area contributed by atoms with Gasteiger partial charge in [-0.1, -0.05) is 6.07 Å². The first-order chi connectivity index (χ1) is 8.27. The minimum absolute atomic E-state index is 0.327. The van der Waals surface area contributed by atoms with Crippen molar-refractivity contribution in [2.75, 3.05) is 12.4 Å². The molecule has 0 aromatic carbocycles. The molecule has 2 heterocycles. The maximum absolute atomic E-state index is 6.05. The van der Waals surface area contributed by atoms with Crippen LogP contribution in [0.5, 0.6) is 0 Å². The molecule has 0 saturated carbocycles. The van der Waals surface area contributed by atoms with Crippen molar-refractivity contribution >= 4 is 18.4 Å². The van der Waals surface area contributed by atoms with Crippen LogP contribution in [0.15, 0.2) is 12.3 Å². The van der Waals surface area contributed by atoms with Crippen molar-refractivity contribution in [3.8, 4) is 0 Å². The molecule has 1 aliphatic rings. The molecule has 5 heteroatoms. The van der Waals surface area contributed by atoms with Crippen LogP contribution >= 0.6 is 0 Å². The highest BCUT2D eigenvalue weighted by Crippen LogP contribution is 2.36. The van der Waals surface area contributed by atoms with Crippen LogP contribution in [0.1, 0.15) is 33.3 Å². The van der Waals surface area contributed by atoms with E-state index in [1.54, 1.807) is 0 Å². The van der Waals surface area contributed by atoms with Gasteiger partial charge in [-0.05, 0) is 40.2 Å². The SMILES string of the molecule is CNc1ncc(C)cc1B1OC(C)(C)C(C)(C)O1. The van der Waals surface area contributed by atoms with Gasteiger partial charge in [0, 0.05) is 18.7 Å². The second-order valence-corrected chi connectivity index (χ2v) is 5.79. The number of hydrogen-bond acceptors (Lipinski definition) is 4. The van der Waals surface area contributed by atoms with E-state index in [-0.39, 0.29) is 18.3 Å². The van der Waals surface area contributed by atoms with Gasteiger partial charge < -0.3 is 14.6 Å². The predicted octanol–water partition coefficient (Wildman–Crippen LogP) is 1.73. The fourth-order valence-electron chi connectivity index (χ4n) is 1.95. The van der Waals surface area contributed by atoms with Gasteiger partial charge in [0.15, 0.2) is 0 Å². The molecule has 18 heavy (non-hydrogen) atoms. The van der Waals surface area contributed by atoms with E-state index in [1.165, 1.54) is 0 Å². The lowest BCUT2D eigenvalue weighted by atomic mass is 9.78. The van der Waals surface area contributed by atoms with E-state index in [0.29, 0.717) is 0 Å². The molecule has 0 spiro atoms. The average Bonchev–Trinajstić information content (AvgIpc) is 2.48. The van der Waals surface area contributed by atoms with Crippen LogP contribution in [-0.2, 0) is 9.31 Å². The molecule has 98 valence electrons. The Kier molecular flexibility index (Phi) is 3.15. The molecule has 0 aliphatic carbocycles. The third-order valence-corrected chi connectivity index (χ3v) is 3.80. The Balaban J connectivity index is 2.37. The Morgan fingerprint density at radius 1 is 1.17 bits per heavy atom. The van der Waals surface area contributed by atoms with Crippen molar-refractivity contribution in [2.24, 2.45) is 0 Å². The molecule has 0 bridgehead atoms. The van der Waals surface area contributed by atoms with Crippen molar-refractivity contribution in [2.45, 2.75) is 45.8 Å². The highest BCUT2D eigenvalue weighted by atomic mass is 16.7. The van der Waals surface area contributed by atoms with Gasteiger partial charge in [-0.3, -0.25) is 0 Å². The summed E-state index contributed by atoms with van der Waals surface area (Å²) in [7, 11) is 1.48. The minimum Gasteiger partial charge on any atom is -0.399 e. The largest absolute Gasteiger partial charge is 0.498 e. The number of hydrogen-bond donors (Lipinski definition) is 1. The van der Waals surface area contributed by atoms with Crippen LogP contribution in [0.2, 0.25) is 0 Å². The molecule has 0 atom stereocenters. The van der Waals surface area contributed by atoms with E-state index in [0.717, 1.165) is 16.8 Å². The molecule has 0 radical (unpaired) electrons. The third kappa shape index (κ3) is 2.13. The Morgan fingerprint density at radius 3 is 2.22 bits per heavy atom. The Labute approximate surface area is 109 Å². The Hall–Kier alpha value is -1.07. The van der Waals surface area contributed by atoms with Gasteiger partial charge >= 0.3 is 7.12 Å². The van der Waals surface area contributed by atoms with Gasteiger partial charge in [0.05, 0.1) is 11.2 Å². The summed E-state index contributed by atoms with van der Waals surface area (Å²) in [4.78, 5) is 4.37. The number of aryl methyl sites for hydroxylation is 1. The normalized spacial score (nSPS) is 21.1. The van der Waals surface area contributed by atoms with Crippen LogP contribution in [0.3, 0.4) is 0 Å². The molecule has 0 unspecified atom stereocenters. The molecule has 1 fully saturated rings. The first kappa shape index (κ1) is 13.4. The van der Waals surface area contributed by atoms with Crippen molar-refractivity contribution in [1.29, 1.82) is 0 Å². The molecule has 1 saturated heterocycles. The first-order valence-electron chi connectivity index (χ1n) is 6.27. The zero-order valence-corrected chi connectivity index (χ0v) is 12.0. The first-order valence-corrected chi connectivity index (χ1v) is 6.27. The summed E-state index contributed by atoms with van der Waals surface area (Å²) in [6, 6.07) is 2.06. The summed E-state index contributed by atoms with van der Waals surface area (Å²) in [6.07, 6.45) is 1.83. The number of rotatable bonds is 2. The fourth-order valence-corrected chi connectivity index (χ4v) is 1.95. The third-order valence-electron chi connectivity index (χ3n) is 3.80. The van der Waals surface area contributed by atoms with Gasteiger partial charge in [-0.15, -0.1) is 0 Å². The van der Waals surface area contributed by atoms with E-state index in [2.05, 4.69) is 44.1 Å². The van der Waals surface area contributed by atoms with Crippen LogP contribution in [-0.4, -0.2) is 30.4 Å². The summed E-state index contributed by atoms with van der Waals surface area (Å²) < 4.78 is 12.1. The fraction of sp³-hybridized carbons (Fsp3) is 0.615. The molecule has 4 nitrogen and oxygen atoms in total. The molecule has 1 aromatic rings. The predicted molar refractivity (Wildman–Crippen MR) is 74.2 cm³/mol. The standard InChI is InChI=1S/C13H21BN2O2/c1-9-7-10(11(15-6)16-8-9)14-17-12(2,3)13(4,5)18-14/h7-8H,1-6H3,(H,15,16). The number of nitrogens with one attached hydrogen (secondary N) is 1. The van der Waals surface area contributed by atoms with Crippen LogP contribution < -0.4 is 10.8 Å². The number of nitrogens with zero attached hydrogens (tertiary/aromatic N) is 1. The number of aromatic nitrogens is 1. The number of pyridine rings is 1. The molecular formula is C13H21BN2O2. The van der Waals surface area contributed by atoms with E-state index >= 15 is 0 Å². The van der Waals surface area contributed by atoms with Gasteiger partial charge in [0.1, 0.15) is 5.82 Å². The Bertz CT molecular complexity index is 444. The smallest absolute Gasteiger partial charge is 0.399 e. The zero-order chi connectivity index (χ0) is 13.6. The number of anilines is 1. The molecule has 1 aromatic heterocycles. The van der Waals surface area contributed by atoms with E-state index in [9.17, 15) is 0 Å². The summed E-state index contributed by atoms with van der Waals surface area (Å²) in [5.74, 6) is 0.805. The molecule has 1 N–H and O–H groups in total. The van der Waals surface area contributed by atoms with Crippen molar-refractivity contribution in [1.82, 2.24) is 4.98 Å². The Morgan fingerprint density at radius 2 is 1.72 bits per heavy atom. The van der Waals surface area contributed by atoms with Crippen molar-refractivity contribution < 1.29 is 9.31 Å². The summed E-state index contributed by atoms with van der Waals surface area (Å²) in [5.41, 5.74) is 1.40.